The normalized spacial score (nSPS) is 12.7. The van der Waals surface area contributed by atoms with Gasteiger partial charge >= 0.3 is 0 Å². The van der Waals surface area contributed by atoms with Gasteiger partial charge in [-0.05, 0) is 26.1 Å². The Labute approximate surface area is 135 Å². The average Bonchev–Trinajstić information content (AvgIpc) is 3.17. The molecule has 5 nitrogen and oxygen atoms in total. The molecule has 110 valence electrons. The lowest BCUT2D eigenvalue weighted by Crippen LogP contribution is -2.24. The first kappa shape index (κ1) is 14.6. The van der Waals surface area contributed by atoms with Gasteiger partial charge in [0, 0.05) is 17.8 Å². The van der Waals surface area contributed by atoms with E-state index in [9.17, 15) is 0 Å². The van der Waals surface area contributed by atoms with Crippen molar-refractivity contribution < 1.29 is 4.52 Å². The zero-order chi connectivity index (χ0) is 14.8. The lowest BCUT2D eigenvalue weighted by molar-refractivity contribution is 0.417. The average molecular weight is 341 g/mol. The summed E-state index contributed by atoms with van der Waals surface area (Å²) in [5.41, 5.74) is 0.704. The Morgan fingerprint density at radius 2 is 2.24 bits per heavy atom. The molecular formula is C13H13ClN4OS2. The minimum atomic E-state index is 0.301. The maximum Gasteiger partial charge on any atom is 0.277 e. The first-order valence-corrected chi connectivity index (χ1v) is 8.44. The molecule has 3 aromatic heterocycles. The fourth-order valence-electron chi connectivity index (χ4n) is 1.73. The summed E-state index contributed by atoms with van der Waals surface area (Å²) in [5.74, 6) is 1.14. The molecule has 0 spiro atoms. The Hall–Kier alpha value is -1.28. The van der Waals surface area contributed by atoms with Gasteiger partial charge in [-0.15, -0.1) is 22.7 Å². The summed E-state index contributed by atoms with van der Waals surface area (Å²) in [4.78, 5) is 9.96. The zero-order valence-electron chi connectivity index (χ0n) is 11.5. The van der Waals surface area contributed by atoms with E-state index in [-0.39, 0.29) is 0 Å². The van der Waals surface area contributed by atoms with Crippen LogP contribution in [0.3, 0.4) is 0 Å². The zero-order valence-corrected chi connectivity index (χ0v) is 13.8. The number of nitrogens with zero attached hydrogens (tertiary/aromatic N) is 3. The maximum absolute atomic E-state index is 5.95. The monoisotopic (exact) mass is 340 g/mol. The number of rotatable bonds is 5. The number of thiophene rings is 1. The summed E-state index contributed by atoms with van der Waals surface area (Å²) in [6, 6.07) is 4.13. The predicted molar refractivity (Wildman–Crippen MR) is 86.0 cm³/mol. The third kappa shape index (κ3) is 3.32. The van der Waals surface area contributed by atoms with Crippen molar-refractivity contribution in [1.29, 1.82) is 0 Å². The fourth-order valence-corrected chi connectivity index (χ4v) is 3.64. The minimum Gasteiger partial charge on any atom is -0.332 e. The standard InChI is InChI=1S/C13H13ClN4OS2/c1-7(15-2)5-11-17-12(19-18-11)8-6-20-13(16-8)9-3-4-10(14)21-9/h3-4,6-7,15H,5H2,1-2H3. The lowest BCUT2D eigenvalue weighted by atomic mass is 10.2. The van der Waals surface area contributed by atoms with E-state index in [1.54, 1.807) is 0 Å². The first-order valence-electron chi connectivity index (χ1n) is 6.37. The van der Waals surface area contributed by atoms with Crippen molar-refractivity contribution in [2.75, 3.05) is 7.05 Å². The van der Waals surface area contributed by atoms with Gasteiger partial charge in [0.15, 0.2) is 5.82 Å². The van der Waals surface area contributed by atoms with Gasteiger partial charge in [0.2, 0.25) is 0 Å². The van der Waals surface area contributed by atoms with Crippen LogP contribution in [0, 0.1) is 0 Å². The van der Waals surface area contributed by atoms with Gasteiger partial charge in [-0.3, -0.25) is 0 Å². The van der Waals surface area contributed by atoms with Crippen LogP contribution in [0.5, 0.6) is 0 Å². The van der Waals surface area contributed by atoms with E-state index < -0.39 is 0 Å². The number of likely N-dealkylation sites (N-methyl/N-ethyl adjacent to an activating group) is 1. The first-order chi connectivity index (χ1) is 10.2. The third-order valence-electron chi connectivity index (χ3n) is 2.96. The molecule has 0 saturated heterocycles. The van der Waals surface area contributed by atoms with E-state index in [2.05, 4.69) is 27.4 Å². The van der Waals surface area contributed by atoms with E-state index in [4.69, 9.17) is 16.1 Å². The molecule has 0 fully saturated rings. The van der Waals surface area contributed by atoms with Crippen molar-refractivity contribution in [3.05, 3.63) is 27.7 Å². The molecule has 3 aromatic rings. The Morgan fingerprint density at radius 1 is 1.38 bits per heavy atom. The van der Waals surface area contributed by atoms with E-state index >= 15 is 0 Å². The van der Waals surface area contributed by atoms with Crippen LogP contribution in [0.15, 0.2) is 22.0 Å². The molecule has 0 aromatic carbocycles. The third-order valence-corrected chi connectivity index (χ3v) is 5.20. The van der Waals surface area contributed by atoms with Gasteiger partial charge in [-0.1, -0.05) is 16.8 Å². The van der Waals surface area contributed by atoms with Crippen molar-refractivity contribution in [2.24, 2.45) is 0 Å². The molecule has 0 radical (unpaired) electrons. The Bertz CT molecular complexity index is 736. The van der Waals surface area contributed by atoms with Crippen molar-refractivity contribution in [2.45, 2.75) is 19.4 Å². The summed E-state index contributed by atoms with van der Waals surface area (Å²) in [6.45, 7) is 2.07. The SMILES string of the molecule is CNC(C)Cc1noc(-c2csc(-c3ccc(Cl)s3)n2)n1. The number of aromatic nitrogens is 3. The van der Waals surface area contributed by atoms with Gasteiger partial charge in [0.1, 0.15) is 10.7 Å². The van der Waals surface area contributed by atoms with Gasteiger partial charge in [0.05, 0.1) is 9.21 Å². The second kappa shape index (κ2) is 6.23. The molecule has 0 aliphatic carbocycles. The van der Waals surface area contributed by atoms with Crippen LogP contribution in [0.2, 0.25) is 4.34 Å². The van der Waals surface area contributed by atoms with Gasteiger partial charge in [0.25, 0.3) is 5.89 Å². The Balaban J connectivity index is 1.80. The van der Waals surface area contributed by atoms with Crippen LogP contribution >= 0.6 is 34.3 Å². The highest BCUT2D eigenvalue weighted by Crippen LogP contribution is 2.34. The summed E-state index contributed by atoms with van der Waals surface area (Å²) in [5, 5.41) is 9.96. The second-order valence-corrected chi connectivity index (χ2v) is 7.12. The molecule has 0 amide bonds. The molecule has 0 aliphatic rings. The summed E-state index contributed by atoms with van der Waals surface area (Å²) in [7, 11) is 1.91. The smallest absolute Gasteiger partial charge is 0.277 e. The van der Waals surface area contributed by atoms with Gasteiger partial charge in [-0.2, -0.15) is 4.98 Å². The quantitative estimate of drug-likeness (QED) is 0.766. The van der Waals surface area contributed by atoms with E-state index in [0.717, 1.165) is 20.6 Å². The molecule has 3 heterocycles. The Morgan fingerprint density at radius 3 is 2.95 bits per heavy atom. The van der Waals surface area contributed by atoms with Crippen LogP contribution in [0.4, 0.5) is 0 Å². The molecular weight excluding hydrogens is 328 g/mol. The van der Waals surface area contributed by atoms with Crippen LogP contribution in [0.1, 0.15) is 12.7 Å². The minimum absolute atomic E-state index is 0.301. The maximum atomic E-state index is 5.95. The summed E-state index contributed by atoms with van der Waals surface area (Å²) in [6.07, 6.45) is 0.720. The number of hydrogen-bond acceptors (Lipinski definition) is 7. The number of halogens is 1. The highest BCUT2D eigenvalue weighted by Gasteiger charge is 2.15. The highest BCUT2D eigenvalue weighted by atomic mass is 35.5. The van der Waals surface area contributed by atoms with Crippen molar-refractivity contribution in [3.63, 3.8) is 0 Å². The molecule has 0 aliphatic heterocycles. The number of nitrogens with one attached hydrogen (secondary N) is 1. The van der Waals surface area contributed by atoms with Crippen LogP contribution < -0.4 is 5.32 Å². The lowest BCUT2D eigenvalue weighted by Gasteiger charge is -2.04. The highest BCUT2D eigenvalue weighted by molar-refractivity contribution is 7.23. The van der Waals surface area contributed by atoms with E-state index in [1.807, 2.05) is 24.6 Å². The number of thiazole rings is 1. The fraction of sp³-hybridized carbons (Fsp3) is 0.308. The van der Waals surface area contributed by atoms with E-state index in [0.29, 0.717) is 23.5 Å². The van der Waals surface area contributed by atoms with Crippen molar-refractivity contribution in [3.8, 4) is 21.5 Å². The molecule has 3 rings (SSSR count). The van der Waals surface area contributed by atoms with Crippen molar-refractivity contribution in [1.82, 2.24) is 20.4 Å². The molecule has 1 atom stereocenters. The Kier molecular flexibility index (Phi) is 4.34. The molecule has 0 saturated carbocycles. The van der Waals surface area contributed by atoms with Crippen LogP contribution in [-0.2, 0) is 6.42 Å². The second-order valence-electron chi connectivity index (χ2n) is 4.55. The largest absolute Gasteiger partial charge is 0.332 e. The predicted octanol–water partition coefficient (Wildman–Crippen LogP) is 3.73. The van der Waals surface area contributed by atoms with Crippen LogP contribution in [0.25, 0.3) is 21.5 Å². The van der Waals surface area contributed by atoms with Gasteiger partial charge < -0.3 is 9.84 Å². The number of hydrogen-bond donors (Lipinski definition) is 1. The molecule has 8 heteroatoms. The summed E-state index contributed by atoms with van der Waals surface area (Å²) >= 11 is 8.99. The molecule has 1 unspecified atom stereocenters. The summed E-state index contributed by atoms with van der Waals surface area (Å²) < 4.78 is 6.04. The topological polar surface area (TPSA) is 63.8 Å². The van der Waals surface area contributed by atoms with Gasteiger partial charge in [-0.25, -0.2) is 4.98 Å². The molecule has 21 heavy (non-hydrogen) atoms. The van der Waals surface area contributed by atoms with Crippen LogP contribution in [-0.4, -0.2) is 28.2 Å². The van der Waals surface area contributed by atoms with E-state index in [1.165, 1.54) is 22.7 Å². The molecule has 0 bridgehead atoms. The molecule has 1 N–H and O–H groups in total. The van der Waals surface area contributed by atoms with Crippen molar-refractivity contribution >= 4 is 34.3 Å².